The van der Waals surface area contributed by atoms with E-state index in [1.165, 1.54) is 19.3 Å². The van der Waals surface area contributed by atoms with Gasteiger partial charge in [0.2, 0.25) is 0 Å². The van der Waals surface area contributed by atoms with Crippen molar-refractivity contribution in [3.63, 3.8) is 0 Å². The summed E-state index contributed by atoms with van der Waals surface area (Å²) in [5.41, 5.74) is 6.10. The molecule has 0 bridgehead atoms. The molecular formula is C12H17N3O. The van der Waals surface area contributed by atoms with Crippen molar-refractivity contribution >= 4 is 11.7 Å². The number of rotatable bonds is 4. The van der Waals surface area contributed by atoms with Crippen molar-refractivity contribution in [1.82, 2.24) is 4.98 Å². The quantitative estimate of drug-likeness (QED) is 0.811. The molecule has 16 heavy (non-hydrogen) atoms. The van der Waals surface area contributed by atoms with Gasteiger partial charge in [0.15, 0.2) is 0 Å². The summed E-state index contributed by atoms with van der Waals surface area (Å²) in [4.78, 5) is 15.3. The van der Waals surface area contributed by atoms with Gasteiger partial charge in [-0.3, -0.25) is 4.79 Å². The van der Waals surface area contributed by atoms with Gasteiger partial charge in [-0.25, -0.2) is 4.98 Å². The maximum absolute atomic E-state index is 11.2. The van der Waals surface area contributed by atoms with Crippen LogP contribution in [-0.4, -0.2) is 17.4 Å². The number of primary amides is 1. The zero-order chi connectivity index (χ0) is 11.6. The molecule has 0 aliphatic heterocycles. The van der Waals surface area contributed by atoms with Crippen LogP contribution in [0.3, 0.4) is 0 Å². The van der Waals surface area contributed by atoms with E-state index in [4.69, 9.17) is 5.73 Å². The number of anilines is 1. The number of amides is 1. The SMILES string of the molecule is CC1(CNc2ncccc2C(N)=O)CCC1. The average Bonchev–Trinajstić information content (AvgIpc) is 2.24. The van der Waals surface area contributed by atoms with Crippen molar-refractivity contribution in [3.8, 4) is 0 Å². The number of aromatic nitrogens is 1. The molecule has 0 atom stereocenters. The third-order valence-corrected chi connectivity index (χ3v) is 3.32. The fourth-order valence-corrected chi connectivity index (χ4v) is 2.00. The highest BCUT2D eigenvalue weighted by atomic mass is 16.1. The third kappa shape index (κ3) is 2.15. The van der Waals surface area contributed by atoms with Crippen LogP contribution in [0, 0.1) is 5.41 Å². The van der Waals surface area contributed by atoms with Crippen LogP contribution >= 0.6 is 0 Å². The normalized spacial score (nSPS) is 17.6. The van der Waals surface area contributed by atoms with E-state index >= 15 is 0 Å². The van der Waals surface area contributed by atoms with Gasteiger partial charge in [0.1, 0.15) is 5.82 Å². The van der Waals surface area contributed by atoms with Crippen molar-refractivity contribution in [2.24, 2.45) is 11.1 Å². The lowest BCUT2D eigenvalue weighted by atomic mass is 9.70. The lowest BCUT2D eigenvalue weighted by Gasteiger charge is -2.38. The van der Waals surface area contributed by atoms with Crippen molar-refractivity contribution < 1.29 is 4.79 Å². The molecule has 0 radical (unpaired) electrons. The van der Waals surface area contributed by atoms with Crippen LogP contribution in [0.2, 0.25) is 0 Å². The standard InChI is InChI=1S/C12H17N3O/c1-12(5-3-6-12)8-15-11-9(10(13)16)4-2-7-14-11/h2,4,7H,3,5-6,8H2,1H3,(H2,13,16)(H,14,15). The van der Waals surface area contributed by atoms with E-state index in [1.807, 2.05) is 0 Å². The average molecular weight is 219 g/mol. The Morgan fingerprint density at radius 1 is 1.62 bits per heavy atom. The molecular weight excluding hydrogens is 202 g/mol. The molecule has 0 spiro atoms. The number of carbonyl (C=O) groups excluding carboxylic acids is 1. The zero-order valence-electron chi connectivity index (χ0n) is 9.49. The lowest BCUT2D eigenvalue weighted by molar-refractivity contribution is 0.100. The third-order valence-electron chi connectivity index (χ3n) is 3.32. The molecule has 1 aromatic rings. The minimum atomic E-state index is -0.436. The van der Waals surface area contributed by atoms with Gasteiger partial charge in [0, 0.05) is 12.7 Å². The van der Waals surface area contributed by atoms with Gasteiger partial charge in [0.05, 0.1) is 5.56 Å². The van der Waals surface area contributed by atoms with Crippen LogP contribution in [0.1, 0.15) is 36.5 Å². The fourth-order valence-electron chi connectivity index (χ4n) is 2.00. The maximum atomic E-state index is 11.2. The Morgan fingerprint density at radius 3 is 2.94 bits per heavy atom. The first-order valence-corrected chi connectivity index (χ1v) is 5.59. The second-order valence-corrected chi connectivity index (χ2v) is 4.78. The number of nitrogens with one attached hydrogen (secondary N) is 1. The largest absolute Gasteiger partial charge is 0.369 e. The Balaban J connectivity index is 2.06. The molecule has 4 nitrogen and oxygen atoms in total. The summed E-state index contributed by atoms with van der Waals surface area (Å²) < 4.78 is 0. The maximum Gasteiger partial charge on any atom is 0.252 e. The first-order valence-electron chi connectivity index (χ1n) is 5.59. The van der Waals surface area contributed by atoms with Crippen molar-refractivity contribution in [2.75, 3.05) is 11.9 Å². The van der Waals surface area contributed by atoms with Gasteiger partial charge >= 0.3 is 0 Å². The van der Waals surface area contributed by atoms with E-state index in [9.17, 15) is 4.79 Å². The topological polar surface area (TPSA) is 68.0 Å². The van der Waals surface area contributed by atoms with Crippen LogP contribution < -0.4 is 11.1 Å². The van der Waals surface area contributed by atoms with Crippen LogP contribution in [-0.2, 0) is 0 Å². The molecule has 1 fully saturated rings. The number of pyridine rings is 1. The molecule has 1 aliphatic rings. The Labute approximate surface area is 95.3 Å². The van der Waals surface area contributed by atoms with Gasteiger partial charge < -0.3 is 11.1 Å². The molecule has 3 N–H and O–H groups in total. The Bertz CT molecular complexity index is 399. The number of carbonyl (C=O) groups is 1. The van der Waals surface area contributed by atoms with Crippen molar-refractivity contribution in [3.05, 3.63) is 23.9 Å². The number of nitrogens with zero attached hydrogens (tertiary/aromatic N) is 1. The first kappa shape index (κ1) is 10.9. The van der Waals surface area contributed by atoms with Crippen molar-refractivity contribution in [1.29, 1.82) is 0 Å². The van der Waals surface area contributed by atoms with Gasteiger partial charge in [-0.05, 0) is 30.4 Å². The van der Waals surface area contributed by atoms with Crippen LogP contribution in [0.4, 0.5) is 5.82 Å². The summed E-state index contributed by atoms with van der Waals surface area (Å²) in [6.07, 6.45) is 5.43. The van der Waals surface area contributed by atoms with Crippen LogP contribution in [0.15, 0.2) is 18.3 Å². The molecule has 4 heteroatoms. The molecule has 86 valence electrons. The van der Waals surface area contributed by atoms with Gasteiger partial charge in [-0.1, -0.05) is 13.3 Å². The van der Waals surface area contributed by atoms with Crippen molar-refractivity contribution in [2.45, 2.75) is 26.2 Å². The monoisotopic (exact) mass is 219 g/mol. The Kier molecular flexibility index (Phi) is 2.81. The predicted octanol–water partition coefficient (Wildman–Crippen LogP) is 1.78. The molecule has 1 saturated carbocycles. The minimum Gasteiger partial charge on any atom is -0.369 e. The van der Waals surface area contributed by atoms with Crippen LogP contribution in [0.5, 0.6) is 0 Å². The highest BCUT2D eigenvalue weighted by molar-refractivity contribution is 5.97. The zero-order valence-corrected chi connectivity index (χ0v) is 9.49. The number of hydrogen-bond donors (Lipinski definition) is 2. The van der Waals surface area contributed by atoms with Gasteiger partial charge in [-0.15, -0.1) is 0 Å². The highest BCUT2D eigenvalue weighted by Gasteiger charge is 2.31. The number of hydrogen-bond acceptors (Lipinski definition) is 3. The predicted molar refractivity (Wildman–Crippen MR) is 63.2 cm³/mol. The Morgan fingerprint density at radius 2 is 2.38 bits per heavy atom. The molecule has 0 saturated heterocycles. The fraction of sp³-hybridized carbons (Fsp3) is 0.500. The van der Waals surface area contributed by atoms with E-state index in [2.05, 4.69) is 17.2 Å². The molecule has 0 unspecified atom stereocenters. The molecule has 0 aromatic carbocycles. The smallest absolute Gasteiger partial charge is 0.252 e. The Hall–Kier alpha value is -1.58. The lowest BCUT2D eigenvalue weighted by Crippen LogP contribution is -2.34. The second-order valence-electron chi connectivity index (χ2n) is 4.78. The summed E-state index contributed by atoms with van der Waals surface area (Å²) in [7, 11) is 0. The van der Waals surface area contributed by atoms with E-state index in [1.54, 1.807) is 18.3 Å². The first-order chi connectivity index (χ1) is 7.61. The molecule has 1 aliphatic carbocycles. The van der Waals surface area contributed by atoms with E-state index in [-0.39, 0.29) is 0 Å². The summed E-state index contributed by atoms with van der Waals surface area (Å²) in [6.45, 7) is 3.10. The molecule has 1 amide bonds. The molecule has 1 aromatic heterocycles. The van der Waals surface area contributed by atoms with E-state index in [0.29, 0.717) is 16.8 Å². The summed E-state index contributed by atoms with van der Waals surface area (Å²) in [5.74, 6) is 0.164. The van der Waals surface area contributed by atoms with Gasteiger partial charge in [0.25, 0.3) is 5.91 Å². The summed E-state index contributed by atoms with van der Waals surface area (Å²) in [6, 6.07) is 3.41. The molecule has 1 heterocycles. The van der Waals surface area contributed by atoms with Gasteiger partial charge in [-0.2, -0.15) is 0 Å². The summed E-state index contributed by atoms with van der Waals surface area (Å²) >= 11 is 0. The second kappa shape index (κ2) is 4.12. The minimum absolute atomic E-state index is 0.354. The highest BCUT2D eigenvalue weighted by Crippen LogP contribution is 2.40. The van der Waals surface area contributed by atoms with Crippen LogP contribution in [0.25, 0.3) is 0 Å². The molecule has 2 rings (SSSR count). The van der Waals surface area contributed by atoms with E-state index in [0.717, 1.165) is 6.54 Å². The number of nitrogens with two attached hydrogens (primary N) is 1. The summed E-state index contributed by atoms with van der Waals surface area (Å²) in [5, 5.41) is 3.23. The van der Waals surface area contributed by atoms with E-state index < -0.39 is 5.91 Å².